The molecule has 0 saturated heterocycles. The number of hydrogen-bond acceptors (Lipinski definition) is 2. The summed E-state index contributed by atoms with van der Waals surface area (Å²) < 4.78 is 31.3. The van der Waals surface area contributed by atoms with Crippen LogP contribution in [0.15, 0.2) is 42.5 Å². The number of rotatable bonds is 6. The third kappa shape index (κ3) is 4.23. The van der Waals surface area contributed by atoms with Crippen LogP contribution in [-0.2, 0) is 0 Å². The molecule has 0 fully saturated rings. The zero-order valence-corrected chi connectivity index (χ0v) is 11.3. The van der Waals surface area contributed by atoms with Gasteiger partial charge in [0.05, 0.1) is 6.61 Å². The van der Waals surface area contributed by atoms with E-state index >= 15 is 0 Å². The normalized spacial score (nSPS) is 10.3. The molecule has 0 radical (unpaired) electrons. The van der Waals surface area contributed by atoms with E-state index in [-0.39, 0.29) is 0 Å². The molecular weight excluding hydrogens is 260 g/mol. The van der Waals surface area contributed by atoms with E-state index in [1.807, 2.05) is 31.2 Å². The molecule has 0 aromatic heterocycles. The van der Waals surface area contributed by atoms with E-state index in [9.17, 15) is 8.78 Å². The van der Waals surface area contributed by atoms with Gasteiger partial charge in [-0.05, 0) is 43.7 Å². The van der Waals surface area contributed by atoms with Crippen molar-refractivity contribution in [3.63, 3.8) is 0 Å². The second-order valence-electron chi connectivity index (χ2n) is 4.57. The van der Waals surface area contributed by atoms with E-state index in [1.165, 1.54) is 11.6 Å². The maximum absolute atomic E-state index is 13.0. The third-order valence-corrected chi connectivity index (χ3v) is 2.86. The van der Waals surface area contributed by atoms with Crippen molar-refractivity contribution in [2.24, 2.45) is 0 Å². The van der Waals surface area contributed by atoms with Gasteiger partial charge in [-0.3, -0.25) is 0 Å². The highest BCUT2D eigenvalue weighted by Gasteiger charge is 2.01. The molecule has 0 heterocycles. The summed E-state index contributed by atoms with van der Waals surface area (Å²) in [5.74, 6) is -0.840. The molecule has 0 unspecified atom stereocenters. The highest BCUT2D eigenvalue weighted by atomic mass is 19.2. The van der Waals surface area contributed by atoms with Crippen LogP contribution in [0.5, 0.6) is 5.75 Å². The molecule has 0 atom stereocenters. The van der Waals surface area contributed by atoms with Crippen molar-refractivity contribution in [3.8, 4) is 5.75 Å². The molecule has 0 saturated carbocycles. The minimum Gasteiger partial charge on any atom is -0.494 e. The van der Waals surface area contributed by atoms with E-state index in [4.69, 9.17) is 4.74 Å². The Kier molecular flexibility index (Phi) is 4.93. The van der Waals surface area contributed by atoms with Gasteiger partial charge < -0.3 is 10.1 Å². The first-order chi connectivity index (χ1) is 9.65. The monoisotopic (exact) mass is 277 g/mol. The number of hydrogen-bond donors (Lipinski definition) is 1. The van der Waals surface area contributed by atoms with Crippen LogP contribution in [0, 0.1) is 18.6 Å². The summed E-state index contributed by atoms with van der Waals surface area (Å²) in [4.78, 5) is 0. The molecule has 0 spiro atoms. The lowest BCUT2D eigenvalue weighted by atomic mass is 10.2. The average molecular weight is 277 g/mol. The minimum atomic E-state index is -0.842. The van der Waals surface area contributed by atoms with Crippen LogP contribution < -0.4 is 10.1 Å². The number of ether oxygens (including phenoxy) is 1. The molecule has 106 valence electrons. The van der Waals surface area contributed by atoms with Gasteiger partial charge in [0.2, 0.25) is 0 Å². The fraction of sp³-hybridized carbons (Fsp3) is 0.250. The molecule has 2 nitrogen and oxygen atoms in total. The molecule has 2 aromatic carbocycles. The predicted octanol–water partition coefficient (Wildman–Crippen LogP) is 4.15. The van der Waals surface area contributed by atoms with Crippen LogP contribution in [-0.4, -0.2) is 13.2 Å². The number of halogens is 2. The van der Waals surface area contributed by atoms with Gasteiger partial charge in [0, 0.05) is 12.2 Å². The van der Waals surface area contributed by atoms with Crippen LogP contribution in [0.3, 0.4) is 0 Å². The Balaban J connectivity index is 1.68. The molecule has 4 heteroatoms. The first kappa shape index (κ1) is 14.3. The number of aryl methyl sites for hydroxylation is 1. The summed E-state index contributed by atoms with van der Waals surface area (Å²) in [6.45, 7) is 3.23. The Morgan fingerprint density at radius 3 is 2.45 bits per heavy atom. The maximum atomic E-state index is 13.0. The average Bonchev–Trinajstić information content (AvgIpc) is 2.44. The van der Waals surface area contributed by atoms with Crippen molar-refractivity contribution in [1.29, 1.82) is 0 Å². The van der Waals surface area contributed by atoms with E-state index in [0.29, 0.717) is 18.8 Å². The predicted molar refractivity (Wildman–Crippen MR) is 76.1 cm³/mol. The Morgan fingerprint density at radius 1 is 1.00 bits per heavy atom. The van der Waals surface area contributed by atoms with Crippen LogP contribution in [0.1, 0.15) is 12.0 Å². The Bertz CT molecular complexity index is 555. The van der Waals surface area contributed by atoms with Crippen molar-refractivity contribution >= 4 is 5.69 Å². The zero-order valence-electron chi connectivity index (χ0n) is 11.3. The summed E-state index contributed by atoms with van der Waals surface area (Å²) in [5.41, 5.74) is 1.76. The Hall–Kier alpha value is -2.10. The molecule has 1 N–H and O–H groups in total. The van der Waals surface area contributed by atoms with Gasteiger partial charge in [0.25, 0.3) is 0 Å². The molecule has 0 bridgehead atoms. The topological polar surface area (TPSA) is 21.3 Å². The van der Waals surface area contributed by atoms with Crippen LogP contribution in [0.25, 0.3) is 0 Å². The summed E-state index contributed by atoms with van der Waals surface area (Å²) >= 11 is 0. The minimum absolute atomic E-state index is 0.569. The molecule has 0 aliphatic carbocycles. The van der Waals surface area contributed by atoms with Crippen LogP contribution in [0.4, 0.5) is 14.5 Å². The van der Waals surface area contributed by atoms with E-state index < -0.39 is 11.6 Å². The number of anilines is 1. The molecule has 2 aromatic rings. The molecule has 0 aliphatic rings. The van der Waals surface area contributed by atoms with Gasteiger partial charge in [-0.25, -0.2) is 8.78 Å². The van der Waals surface area contributed by atoms with Gasteiger partial charge in [0.1, 0.15) is 5.75 Å². The van der Waals surface area contributed by atoms with Gasteiger partial charge >= 0.3 is 0 Å². The molecular formula is C16H17F2NO. The van der Waals surface area contributed by atoms with Crippen LogP contribution >= 0.6 is 0 Å². The first-order valence-electron chi connectivity index (χ1n) is 6.53. The molecule has 20 heavy (non-hydrogen) atoms. The summed E-state index contributed by atoms with van der Waals surface area (Å²) in [5, 5.41) is 3.02. The molecule has 0 aliphatic heterocycles. The van der Waals surface area contributed by atoms with Gasteiger partial charge in [-0.1, -0.05) is 17.7 Å². The standard InChI is InChI=1S/C16H17F2NO/c1-12-3-6-14(7-4-12)20-10-2-9-19-13-5-8-15(17)16(18)11-13/h3-8,11,19H,2,9-10H2,1H3. The highest BCUT2D eigenvalue weighted by molar-refractivity contribution is 5.43. The van der Waals surface area contributed by atoms with Crippen molar-refractivity contribution < 1.29 is 13.5 Å². The van der Waals surface area contributed by atoms with Gasteiger partial charge in [0.15, 0.2) is 11.6 Å². The van der Waals surface area contributed by atoms with Crippen LogP contribution in [0.2, 0.25) is 0 Å². The maximum Gasteiger partial charge on any atom is 0.160 e. The van der Waals surface area contributed by atoms with Crippen molar-refractivity contribution in [2.45, 2.75) is 13.3 Å². The van der Waals surface area contributed by atoms with E-state index in [0.717, 1.165) is 24.3 Å². The Labute approximate surface area is 117 Å². The number of benzene rings is 2. The fourth-order valence-corrected chi connectivity index (χ4v) is 1.74. The van der Waals surface area contributed by atoms with Gasteiger partial charge in [-0.15, -0.1) is 0 Å². The van der Waals surface area contributed by atoms with E-state index in [1.54, 1.807) is 0 Å². The first-order valence-corrected chi connectivity index (χ1v) is 6.53. The highest BCUT2D eigenvalue weighted by Crippen LogP contribution is 2.13. The SMILES string of the molecule is Cc1ccc(OCCCNc2ccc(F)c(F)c2)cc1. The van der Waals surface area contributed by atoms with Crippen molar-refractivity contribution in [2.75, 3.05) is 18.5 Å². The zero-order chi connectivity index (χ0) is 14.4. The lowest BCUT2D eigenvalue weighted by Crippen LogP contribution is -2.07. The second kappa shape index (κ2) is 6.89. The summed E-state index contributed by atoms with van der Waals surface area (Å²) in [6.07, 6.45) is 0.771. The molecule has 2 rings (SSSR count). The largest absolute Gasteiger partial charge is 0.494 e. The number of nitrogens with one attached hydrogen (secondary N) is 1. The smallest absolute Gasteiger partial charge is 0.160 e. The van der Waals surface area contributed by atoms with Crippen molar-refractivity contribution in [1.82, 2.24) is 0 Å². The molecule has 0 amide bonds. The van der Waals surface area contributed by atoms with E-state index in [2.05, 4.69) is 5.32 Å². The fourth-order valence-electron chi connectivity index (χ4n) is 1.74. The summed E-state index contributed by atoms with van der Waals surface area (Å²) in [7, 11) is 0. The summed E-state index contributed by atoms with van der Waals surface area (Å²) in [6, 6.07) is 11.6. The second-order valence-corrected chi connectivity index (χ2v) is 4.57. The van der Waals surface area contributed by atoms with Crippen molar-refractivity contribution in [3.05, 3.63) is 59.7 Å². The lowest BCUT2D eigenvalue weighted by molar-refractivity contribution is 0.315. The quantitative estimate of drug-likeness (QED) is 0.801. The van der Waals surface area contributed by atoms with Gasteiger partial charge in [-0.2, -0.15) is 0 Å². The lowest BCUT2D eigenvalue weighted by Gasteiger charge is -2.08. The third-order valence-electron chi connectivity index (χ3n) is 2.86. The Morgan fingerprint density at radius 2 is 1.75 bits per heavy atom.